The highest BCUT2D eigenvalue weighted by atomic mass is 16.5. The second-order valence-electron chi connectivity index (χ2n) is 7.55. The first-order valence-corrected chi connectivity index (χ1v) is 9.99. The van der Waals surface area contributed by atoms with E-state index < -0.39 is 0 Å². The lowest BCUT2D eigenvalue weighted by atomic mass is 10.00. The molecule has 0 radical (unpaired) electrons. The zero-order chi connectivity index (χ0) is 20.8. The number of benzene rings is 1. The Hall–Kier alpha value is -2.70. The Bertz CT molecular complexity index is 854. The summed E-state index contributed by atoms with van der Waals surface area (Å²) in [5.41, 5.74) is 2.31. The van der Waals surface area contributed by atoms with Gasteiger partial charge in [0, 0.05) is 25.2 Å². The van der Waals surface area contributed by atoms with E-state index in [4.69, 9.17) is 4.74 Å². The van der Waals surface area contributed by atoms with Gasteiger partial charge in [0.25, 0.3) is 5.91 Å². The lowest BCUT2D eigenvalue weighted by Gasteiger charge is -2.36. The maximum atomic E-state index is 13.3. The van der Waals surface area contributed by atoms with E-state index in [0.29, 0.717) is 24.5 Å². The summed E-state index contributed by atoms with van der Waals surface area (Å²) in [6.45, 7) is 4.97. The largest absolute Gasteiger partial charge is 0.472 e. The van der Waals surface area contributed by atoms with Gasteiger partial charge < -0.3 is 20.1 Å². The highest BCUT2D eigenvalue weighted by Gasteiger charge is 2.33. The van der Waals surface area contributed by atoms with Gasteiger partial charge in [-0.2, -0.15) is 0 Å². The highest BCUT2D eigenvalue weighted by molar-refractivity contribution is 5.97. The summed E-state index contributed by atoms with van der Waals surface area (Å²) in [6.07, 6.45) is 5.51. The van der Waals surface area contributed by atoms with Crippen molar-refractivity contribution in [3.63, 3.8) is 0 Å². The van der Waals surface area contributed by atoms with Gasteiger partial charge >= 0.3 is 0 Å². The number of carbonyl (C=O) groups is 1. The molecule has 1 aromatic heterocycles. The Kier molecular flexibility index (Phi) is 7.01. The van der Waals surface area contributed by atoms with Crippen LogP contribution in [0.25, 0.3) is 12.2 Å². The van der Waals surface area contributed by atoms with Crippen LogP contribution in [0.4, 0.5) is 0 Å². The zero-order valence-corrected chi connectivity index (χ0v) is 17.2. The minimum Gasteiger partial charge on any atom is -0.472 e. The SMILES string of the molecule is CNC[C@@H]1Oc2ncc(C=Cc3ccccc3)cc2C(=O)N([C@H](C)CO)C[C@H]1C. The summed E-state index contributed by atoms with van der Waals surface area (Å²) in [5, 5.41) is 12.8. The second-order valence-corrected chi connectivity index (χ2v) is 7.55. The Balaban J connectivity index is 1.97. The smallest absolute Gasteiger partial charge is 0.259 e. The van der Waals surface area contributed by atoms with Crippen LogP contribution < -0.4 is 10.1 Å². The number of nitrogens with one attached hydrogen (secondary N) is 1. The highest BCUT2D eigenvalue weighted by Crippen LogP contribution is 2.27. The lowest BCUT2D eigenvalue weighted by Crippen LogP contribution is -2.49. The maximum Gasteiger partial charge on any atom is 0.259 e. The predicted octanol–water partition coefficient (Wildman–Crippen LogP) is 2.69. The van der Waals surface area contributed by atoms with Crippen molar-refractivity contribution in [1.29, 1.82) is 0 Å². The molecule has 2 N–H and O–H groups in total. The van der Waals surface area contributed by atoms with Crippen LogP contribution in [0, 0.1) is 5.92 Å². The molecule has 1 aliphatic heterocycles. The molecule has 0 spiro atoms. The molecule has 1 aromatic carbocycles. The van der Waals surface area contributed by atoms with Crippen molar-refractivity contribution in [3.8, 4) is 5.88 Å². The number of likely N-dealkylation sites (N-methyl/N-ethyl adjacent to an activating group) is 1. The molecule has 1 amide bonds. The van der Waals surface area contributed by atoms with Crippen LogP contribution in [0.3, 0.4) is 0 Å². The number of aromatic nitrogens is 1. The number of pyridine rings is 1. The number of amides is 1. The predicted molar refractivity (Wildman–Crippen MR) is 115 cm³/mol. The molecule has 0 saturated heterocycles. The fourth-order valence-electron chi connectivity index (χ4n) is 3.41. The molecule has 3 atom stereocenters. The molecule has 2 heterocycles. The van der Waals surface area contributed by atoms with Crippen LogP contribution in [0.1, 0.15) is 35.3 Å². The molecule has 0 saturated carbocycles. The van der Waals surface area contributed by atoms with Gasteiger partial charge in [-0.15, -0.1) is 0 Å². The van der Waals surface area contributed by atoms with Gasteiger partial charge in [-0.25, -0.2) is 4.98 Å². The Labute approximate surface area is 172 Å². The van der Waals surface area contributed by atoms with Crippen molar-refractivity contribution in [2.45, 2.75) is 26.0 Å². The van der Waals surface area contributed by atoms with Crippen molar-refractivity contribution in [3.05, 3.63) is 59.3 Å². The van der Waals surface area contributed by atoms with Gasteiger partial charge in [0.05, 0.1) is 12.6 Å². The van der Waals surface area contributed by atoms with E-state index in [1.54, 1.807) is 11.1 Å². The molecule has 0 bridgehead atoms. The summed E-state index contributed by atoms with van der Waals surface area (Å²) in [4.78, 5) is 19.5. The van der Waals surface area contributed by atoms with Gasteiger partial charge in [0.2, 0.25) is 5.88 Å². The number of ether oxygens (including phenoxy) is 1. The molecular weight excluding hydrogens is 366 g/mol. The van der Waals surface area contributed by atoms with Crippen molar-refractivity contribution < 1.29 is 14.6 Å². The fraction of sp³-hybridized carbons (Fsp3) is 0.391. The van der Waals surface area contributed by atoms with Crippen LogP contribution in [-0.2, 0) is 0 Å². The summed E-state index contributed by atoms with van der Waals surface area (Å²) < 4.78 is 6.13. The molecule has 6 nitrogen and oxygen atoms in total. The Morgan fingerprint density at radius 1 is 1.31 bits per heavy atom. The van der Waals surface area contributed by atoms with E-state index >= 15 is 0 Å². The lowest BCUT2D eigenvalue weighted by molar-refractivity contribution is 0.0404. The normalized spacial score (nSPS) is 20.7. The standard InChI is InChI=1S/C23H29N3O3/c1-16-14-26(17(2)15-27)23(28)20-11-19(10-9-18-7-5-4-6-8-18)12-25-22(20)29-21(16)13-24-3/h4-12,16-17,21,24,27H,13-15H2,1-3H3/t16-,17-,21+/m1/s1. The molecule has 1 aliphatic rings. The first kappa shape index (κ1) is 21.0. The quantitative estimate of drug-likeness (QED) is 0.787. The number of carbonyl (C=O) groups excluding carboxylic acids is 1. The van der Waals surface area contributed by atoms with Gasteiger partial charge in [0.15, 0.2) is 0 Å². The van der Waals surface area contributed by atoms with Crippen LogP contribution >= 0.6 is 0 Å². The van der Waals surface area contributed by atoms with Crippen LogP contribution in [-0.4, -0.2) is 59.8 Å². The molecule has 0 unspecified atom stereocenters. The van der Waals surface area contributed by atoms with E-state index in [0.717, 1.165) is 11.1 Å². The summed E-state index contributed by atoms with van der Waals surface area (Å²) in [6, 6.07) is 11.5. The molecule has 2 aromatic rings. The van der Waals surface area contributed by atoms with E-state index in [2.05, 4.69) is 10.3 Å². The van der Waals surface area contributed by atoms with Crippen LogP contribution in [0.5, 0.6) is 5.88 Å². The molecule has 29 heavy (non-hydrogen) atoms. The number of fused-ring (bicyclic) bond motifs is 1. The number of nitrogens with zero attached hydrogens (tertiary/aromatic N) is 2. The minimum atomic E-state index is -0.283. The van der Waals surface area contributed by atoms with Crippen LogP contribution in [0.2, 0.25) is 0 Å². The van der Waals surface area contributed by atoms with Crippen molar-refractivity contribution in [2.75, 3.05) is 26.7 Å². The van der Waals surface area contributed by atoms with E-state index in [1.165, 1.54) is 0 Å². The van der Waals surface area contributed by atoms with Gasteiger partial charge in [-0.05, 0) is 31.2 Å². The van der Waals surface area contributed by atoms with Gasteiger partial charge in [-0.1, -0.05) is 49.4 Å². The number of hydrogen-bond donors (Lipinski definition) is 2. The van der Waals surface area contributed by atoms with E-state index in [1.807, 2.05) is 69.4 Å². The van der Waals surface area contributed by atoms with E-state index in [-0.39, 0.29) is 30.6 Å². The third-order valence-corrected chi connectivity index (χ3v) is 5.22. The first-order chi connectivity index (χ1) is 14.0. The average Bonchev–Trinajstić information content (AvgIpc) is 2.75. The first-order valence-electron chi connectivity index (χ1n) is 9.99. The zero-order valence-electron chi connectivity index (χ0n) is 17.2. The molecule has 3 rings (SSSR count). The van der Waals surface area contributed by atoms with Crippen molar-refractivity contribution >= 4 is 18.1 Å². The topological polar surface area (TPSA) is 74.7 Å². The van der Waals surface area contributed by atoms with Crippen molar-refractivity contribution in [2.24, 2.45) is 5.92 Å². The third kappa shape index (κ3) is 5.02. The summed E-state index contributed by atoms with van der Waals surface area (Å²) in [7, 11) is 1.87. The van der Waals surface area contributed by atoms with Gasteiger partial charge in [-0.3, -0.25) is 4.79 Å². The number of aliphatic hydroxyl groups excluding tert-OH is 1. The molecule has 154 valence electrons. The average molecular weight is 396 g/mol. The Morgan fingerprint density at radius 3 is 2.72 bits per heavy atom. The summed E-state index contributed by atoms with van der Waals surface area (Å²) >= 11 is 0. The Morgan fingerprint density at radius 2 is 2.03 bits per heavy atom. The molecule has 0 aliphatic carbocycles. The second kappa shape index (κ2) is 9.67. The summed E-state index contributed by atoms with van der Waals surface area (Å²) in [5.74, 6) is 0.264. The molecule has 0 fully saturated rings. The van der Waals surface area contributed by atoms with Crippen LogP contribution in [0.15, 0.2) is 42.6 Å². The molecular formula is C23H29N3O3. The minimum absolute atomic E-state index is 0.0907. The van der Waals surface area contributed by atoms with Gasteiger partial charge in [0.1, 0.15) is 11.7 Å². The number of rotatable bonds is 6. The fourth-order valence-corrected chi connectivity index (χ4v) is 3.41. The molecule has 6 heteroatoms. The monoisotopic (exact) mass is 395 g/mol. The number of hydrogen-bond acceptors (Lipinski definition) is 5. The number of aliphatic hydroxyl groups is 1. The van der Waals surface area contributed by atoms with Crippen molar-refractivity contribution in [1.82, 2.24) is 15.2 Å². The maximum absolute atomic E-state index is 13.3. The third-order valence-electron chi connectivity index (χ3n) is 5.22. The van der Waals surface area contributed by atoms with E-state index in [9.17, 15) is 9.90 Å².